The van der Waals surface area contributed by atoms with Gasteiger partial charge in [-0.3, -0.25) is 9.69 Å². The Kier molecular flexibility index (Phi) is 6.61. The summed E-state index contributed by atoms with van der Waals surface area (Å²) in [6, 6.07) is -0.652. The number of hydrogen-bond acceptors (Lipinski definition) is 6. The molecule has 1 saturated heterocycles. The van der Waals surface area contributed by atoms with Crippen LogP contribution in [0.5, 0.6) is 0 Å². The molecule has 1 rings (SSSR count). The van der Waals surface area contributed by atoms with E-state index in [1.807, 2.05) is 0 Å². The minimum Gasteiger partial charge on any atom is -0.444 e. The van der Waals surface area contributed by atoms with Gasteiger partial charge in [0.2, 0.25) is 5.91 Å². The lowest BCUT2D eigenvalue weighted by Crippen LogP contribution is -2.48. The van der Waals surface area contributed by atoms with Crippen molar-refractivity contribution in [1.82, 2.24) is 10.2 Å². The molecular formula is C14H25N3O5. The second kappa shape index (κ2) is 7.98. The maximum Gasteiger partial charge on any atom is 0.411 e. The third kappa shape index (κ3) is 5.51. The lowest BCUT2D eigenvalue weighted by Gasteiger charge is -2.27. The van der Waals surface area contributed by atoms with E-state index >= 15 is 0 Å². The van der Waals surface area contributed by atoms with Crippen molar-refractivity contribution in [1.29, 1.82) is 0 Å². The zero-order chi connectivity index (χ0) is 16.8. The van der Waals surface area contributed by atoms with E-state index in [4.69, 9.17) is 14.3 Å². The van der Waals surface area contributed by atoms with Gasteiger partial charge in [0, 0.05) is 20.1 Å². The molecule has 126 valence electrons. The van der Waals surface area contributed by atoms with Gasteiger partial charge >= 0.3 is 6.09 Å². The van der Waals surface area contributed by atoms with Gasteiger partial charge in [0.1, 0.15) is 18.8 Å². The SMILES string of the molecule is COCCNC(=O)[C@@H]1CC(=NOC)CN1C(=O)OC(C)(C)C. The van der Waals surface area contributed by atoms with Gasteiger partial charge in [-0.15, -0.1) is 0 Å². The first-order valence-corrected chi connectivity index (χ1v) is 7.13. The number of nitrogens with zero attached hydrogens (tertiary/aromatic N) is 2. The van der Waals surface area contributed by atoms with E-state index < -0.39 is 17.7 Å². The number of rotatable bonds is 5. The molecule has 1 aliphatic rings. The first-order chi connectivity index (χ1) is 10.3. The summed E-state index contributed by atoms with van der Waals surface area (Å²) in [5.41, 5.74) is -0.00442. The Bertz CT molecular complexity index is 431. The fourth-order valence-electron chi connectivity index (χ4n) is 2.04. The predicted molar refractivity (Wildman–Crippen MR) is 80.7 cm³/mol. The maximum absolute atomic E-state index is 12.3. The fraction of sp³-hybridized carbons (Fsp3) is 0.786. The second-order valence-corrected chi connectivity index (χ2v) is 5.95. The van der Waals surface area contributed by atoms with E-state index in [9.17, 15) is 9.59 Å². The first kappa shape index (κ1) is 18.2. The number of carbonyl (C=O) groups is 2. The highest BCUT2D eigenvalue weighted by Gasteiger charge is 2.40. The molecule has 0 radical (unpaired) electrons. The lowest BCUT2D eigenvalue weighted by molar-refractivity contribution is -0.125. The number of methoxy groups -OCH3 is 1. The average molecular weight is 315 g/mol. The summed E-state index contributed by atoms with van der Waals surface area (Å²) < 4.78 is 10.2. The Morgan fingerprint density at radius 2 is 2.05 bits per heavy atom. The third-order valence-electron chi connectivity index (χ3n) is 2.91. The number of ether oxygens (including phenoxy) is 2. The highest BCUT2D eigenvalue weighted by Crippen LogP contribution is 2.20. The number of amides is 2. The summed E-state index contributed by atoms with van der Waals surface area (Å²) in [7, 11) is 2.98. The molecule has 0 spiro atoms. The van der Waals surface area contributed by atoms with E-state index in [2.05, 4.69) is 10.5 Å². The lowest BCUT2D eigenvalue weighted by atomic mass is 10.2. The first-order valence-electron chi connectivity index (χ1n) is 7.13. The van der Waals surface area contributed by atoms with Crippen molar-refractivity contribution >= 4 is 17.7 Å². The molecule has 0 unspecified atom stereocenters. The summed E-state index contributed by atoms with van der Waals surface area (Å²) in [4.78, 5) is 30.6. The van der Waals surface area contributed by atoms with Crippen LogP contribution in [0.2, 0.25) is 0 Å². The highest BCUT2D eigenvalue weighted by atomic mass is 16.6. The molecule has 1 fully saturated rings. The van der Waals surface area contributed by atoms with E-state index in [1.54, 1.807) is 27.9 Å². The standard InChI is InChI=1S/C14H25N3O5/c1-14(2,3)22-13(19)17-9-10(16-21-5)8-11(17)12(18)15-6-7-20-4/h11H,6-9H2,1-5H3,(H,15,18)/t11-/m0/s1. The zero-order valence-corrected chi connectivity index (χ0v) is 13.8. The summed E-state index contributed by atoms with van der Waals surface area (Å²) in [6.45, 7) is 6.33. The van der Waals surface area contributed by atoms with Gasteiger partial charge in [-0.05, 0) is 20.8 Å². The van der Waals surface area contributed by atoms with Gasteiger partial charge in [-0.1, -0.05) is 5.16 Å². The molecule has 0 saturated carbocycles. The van der Waals surface area contributed by atoms with Crippen LogP contribution in [0.15, 0.2) is 5.16 Å². The Hall–Kier alpha value is -1.83. The minimum absolute atomic E-state index is 0.213. The molecule has 22 heavy (non-hydrogen) atoms. The average Bonchev–Trinajstić information content (AvgIpc) is 2.81. The number of nitrogens with one attached hydrogen (secondary N) is 1. The van der Waals surface area contributed by atoms with Crippen molar-refractivity contribution in [2.24, 2.45) is 5.16 Å². The van der Waals surface area contributed by atoms with Crippen molar-refractivity contribution in [2.45, 2.75) is 38.8 Å². The van der Waals surface area contributed by atoms with Gasteiger partial charge < -0.3 is 19.6 Å². The van der Waals surface area contributed by atoms with Crippen LogP contribution in [-0.4, -0.2) is 68.2 Å². The predicted octanol–water partition coefficient (Wildman–Crippen LogP) is 0.761. The van der Waals surface area contributed by atoms with E-state index in [0.717, 1.165) is 0 Å². The number of likely N-dealkylation sites (tertiary alicyclic amines) is 1. The number of oxime groups is 1. The summed E-state index contributed by atoms with van der Waals surface area (Å²) in [6.07, 6.45) is -0.216. The van der Waals surface area contributed by atoms with Crippen LogP contribution in [0.3, 0.4) is 0 Å². The molecule has 0 aromatic rings. The van der Waals surface area contributed by atoms with Crippen molar-refractivity contribution in [3.05, 3.63) is 0 Å². The van der Waals surface area contributed by atoms with E-state index in [-0.39, 0.29) is 12.5 Å². The van der Waals surface area contributed by atoms with Crippen molar-refractivity contribution in [3.8, 4) is 0 Å². The number of carbonyl (C=O) groups excluding carboxylic acids is 2. The normalized spacial score (nSPS) is 20.1. The number of hydrogen-bond donors (Lipinski definition) is 1. The van der Waals surface area contributed by atoms with Crippen LogP contribution in [0.1, 0.15) is 27.2 Å². The van der Waals surface area contributed by atoms with Crippen LogP contribution < -0.4 is 5.32 Å². The van der Waals surface area contributed by atoms with Crippen molar-refractivity contribution in [2.75, 3.05) is 33.9 Å². The Labute approximate surface area is 130 Å². The molecule has 1 aliphatic heterocycles. The minimum atomic E-state index is -0.652. The molecule has 1 N–H and O–H groups in total. The molecule has 8 heteroatoms. The van der Waals surface area contributed by atoms with Crippen LogP contribution in [-0.2, 0) is 19.1 Å². The second-order valence-electron chi connectivity index (χ2n) is 5.95. The summed E-state index contributed by atoms with van der Waals surface area (Å²) in [5.74, 6) is -0.260. The highest BCUT2D eigenvalue weighted by molar-refractivity contribution is 5.99. The topological polar surface area (TPSA) is 89.5 Å². The van der Waals surface area contributed by atoms with Gasteiger partial charge in [0.25, 0.3) is 0 Å². The van der Waals surface area contributed by atoms with E-state index in [1.165, 1.54) is 12.0 Å². The molecule has 2 amide bonds. The third-order valence-corrected chi connectivity index (χ3v) is 2.91. The van der Waals surface area contributed by atoms with Gasteiger partial charge in [-0.2, -0.15) is 0 Å². The monoisotopic (exact) mass is 315 g/mol. The smallest absolute Gasteiger partial charge is 0.411 e. The van der Waals surface area contributed by atoms with Gasteiger partial charge in [0.15, 0.2) is 0 Å². The molecule has 0 aromatic heterocycles. The fourth-order valence-corrected chi connectivity index (χ4v) is 2.04. The van der Waals surface area contributed by atoms with Crippen molar-refractivity contribution in [3.63, 3.8) is 0 Å². The van der Waals surface area contributed by atoms with Crippen molar-refractivity contribution < 1.29 is 23.9 Å². The Balaban J connectivity index is 2.78. The molecule has 0 aliphatic carbocycles. The van der Waals surface area contributed by atoms with E-state index in [0.29, 0.717) is 25.3 Å². The Morgan fingerprint density at radius 3 is 2.59 bits per heavy atom. The molecule has 0 aromatic carbocycles. The van der Waals surface area contributed by atoms with Crippen LogP contribution >= 0.6 is 0 Å². The summed E-state index contributed by atoms with van der Waals surface area (Å²) >= 11 is 0. The van der Waals surface area contributed by atoms with Crippen LogP contribution in [0.25, 0.3) is 0 Å². The van der Waals surface area contributed by atoms with Gasteiger partial charge in [-0.25, -0.2) is 4.79 Å². The largest absolute Gasteiger partial charge is 0.444 e. The van der Waals surface area contributed by atoms with Gasteiger partial charge in [0.05, 0.1) is 18.9 Å². The molecule has 1 heterocycles. The maximum atomic E-state index is 12.3. The molecule has 8 nitrogen and oxygen atoms in total. The molecule has 1 atom stereocenters. The molecular weight excluding hydrogens is 290 g/mol. The zero-order valence-electron chi connectivity index (χ0n) is 13.8. The Morgan fingerprint density at radius 1 is 1.36 bits per heavy atom. The van der Waals surface area contributed by atoms with Crippen LogP contribution in [0, 0.1) is 0 Å². The quantitative estimate of drug-likeness (QED) is 0.597. The van der Waals surface area contributed by atoms with Crippen LogP contribution in [0.4, 0.5) is 4.79 Å². The summed E-state index contributed by atoms with van der Waals surface area (Å²) in [5, 5.41) is 6.57. The molecule has 0 bridgehead atoms.